The molecule has 0 rings (SSSR count). The van der Waals surface area contributed by atoms with E-state index in [0.717, 1.165) is 22.6 Å². The molecule has 4 nitrogen and oxygen atoms in total. The number of nitrogens with zero attached hydrogens (tertiary/aromatic N) is 1. The van der Waals surface area contributed by atoms with Gasteiger partial charge >= 0.3 is 6.09 Å². The quantitative estimate of drug-likeness (QED) is 0.283. The number of allylic oxidation sites excluding steroid dienone is 3. The number of carbonyl (C=O) groups excluding carboxylic acids is 1. The van der Waals surface area contributed by atoms with Gasteiger partial charge < -0.3 is 10.1 Å². The lowest BCUT2D eigenvalue weighted by Crippen LogP contribution is -2.32. The number of amides is 1. The molecule has 136 valence electrons. The number of thioether (sulfide) groups is 1. The zero-order valence-corrected chi connectivity index (χ0v) is 17.3. The first-order valence-corrected chi connectivity index (χ1v) is 9.52. The van der Waals surface area contributed by atoms with Crippen molar-refractivity contribution in [3.63, 3.8) is 0 Å². The summed E-state index contributed by atoms with van der Waals surface area (Å²) in [5.74, 6) is 0. The van der Waals surface area contributed by atoms with Crippen LogP contribution in [0, 0.1) is 0 Å². The Balaban J connectivity index is 4.86. The van der Waals surface area contributed by atoms with E-state index in [4.69, 9.17) is 16.3 Å². The van der Waals surface area contributed by atoms with E-state index in [2.05, 4.69) is 10.3 Å². The highest BCUT2D eigenvalue weighted by Gasteiger charge is 2.15. The third-order valence-electron chi connectivity index (χ3n) is 2.89. The van der Waals surface area contributed by atoms with Crippen molar-refractivity contribution in [1.82, 2.24) is 5.32 Å². The number of aliphatic imine (C=N–C) groups is 1. The lowest BCUT2D eigenvalue weighted by atomic mass is 10.2. The molecule has 0 atom stereocenters. The van der Waals surface area contributed by atoms with Crippen LogP contribution in [0.5, 0.6) is 0 Å². The molecule has 0 saturated heterocycles. The fourth-order valence-corrected chi connectivity index (χ4v) is 2.36. The summed E-state index contributed by atoms with van der Waals surface area (Å²) >= 11 is 7.76. The number of hydrogen-bond donors (Lipinski definition) is 1. The lowest BCUT2D eigenvalue weighted by molar-refractivity contribution is 0.0534. The Morgan fingerprint density at radius 2 is 2.00 bits per heavy atom. The van der Waals surface area contributed by atoms with Crippen LogP contribution >= 0.6 is 23.4 Å². The average Bonchev–Trinajstić information content (AvgIpc) is 2.50. The summed E-state index contributed by atoms with van der Waals surface area (Å²) in [6, 6.07) is 0. The zero-order chi connectivity index (χ0) is 18.8. The molecule has 0 unspecified atom stereocenters. The maximum absolute atomic E-state index is 11.6. The van der Waals surface area contributed by atoms with Gasteiger partial charge in [-0.15, -0.1) is 11.8 Å². The second-order valence-corrected chi connectivity index (χ2v) is 7.23. The molecule has 0 aliphatic rings. The zero-order valence-electron chi connectivity index (χ0n) is 15.7. The molecule has 24 heavy (non-hydrogen) atoms. The van der Waals surface area contributed by atoms with Gasteiger partial charge in [-0.1, -0.05) is 36.8 Å². The summed E-state index contributed by atoms with van der Waals surface area (Å²) in [7, 11) is 0. The van der Waals surface area contributed by atoms with E-state index in [0.29, 0.717) is 11.7 Å². The van der Waals surface area contributed by atoms with Gasteiger partial charge in [-0.05, 0) is 52.9 Å². The van der Waals surface area contributed by atoms with Crippen molar-refractivity contribution in [3.05, 3.63) is 34.5 Å². The monoisotopic (exact) mass is 372 g/mol. The van der Waals surface area contributed by atoms with Crippen LogP contribution in [0.25, 0.3) is 0 Å². The van der Waals surface area contributed by atoms with Crippen molar-refractivity contribution in [1.29, 1.82) is 0 Å². The van der Waals surface area contributed by atoms with E-state index >= 15 is 0 Å². The maximum Gasteiger partial charge on any atom is 0.407 e. The molecule has 6 heteroatoms. The average molecular weight is 373 g/mol. The smallest absolute Gasteiger partial charge is 0.407 e. The van der Waals surface area contributed by atoms with Crippen LogP contribution < -0.4 is 5.32 Å². The Labute approximate surface area is 155 Å². The Morgan fingerprint density at radius 1 is 1.38 bits per heavy atom. The summed E-state index contributed by atoms with van der Waals surface area (Å²) in [4.78, 5) is 16.1. The molecular formula is C18H29ClN2O2S. The molecule has 0 aliphatic carbocycles. The van der Waals surface area contributed by atoms with E-state index in [1.54, 1.807) is 0 Å². The molecular weight excluding hydrogens is 344 g/mol. The van der Waals surface area contributed by atoms with E-state index in [9.17, 15) is 4.79 Å². The SMILES string of the molecule is C/C=C(/C=C/CNC(=O)OC(C)(C)C)C(=N/C(Cl)=C(\C)CC)\SC. The largest absolute Gasteiger partial charge is 0.444 e. The number of carbonyl (C=O) groups is 1. The van der Waals surface area contributed by atoms with Crippen LogP contribution in [-0.4, -0.2) is 29.5 Å². The summed E-state index contributed by atoms with van der Waals surface area (Å²) in [5, 5.41) is 4.05. The minimum absolute atomic E-state index is 0.380. The van der Waals surface area contributed by atoms with Crippen LogP contribution in [-0.2, 0) is 4.74 Å². The predicted molar refractivity (Wildman–Crippen MR) is 107 cm³/mol. The lowest BCUT2D eigenvalue weighted by Gasteiger charge is -2.19. The Morgan fingerprint density at radius 3 is 2.46 bits per heavy atom. The van der Waals surface area contributed by atoms with Crippen LogP contribution in [0.3, 0.4) is 0 Å². The molecule has 0 fully saturated rings. The number of ether oxygens (including phenoxy) is 1. The minimum atomic E-state index is -0.499. The molecule has 0 aromatic heterocycles. The van der Waals surface area contributed by atoms with Crippen molar-refractivity contribution in [2.45, 2.75) is 53.6 Å². The maximum atomic E-state index is 11.6. The Kier molecular flexibility index (Phi) is 10.8. The molecule has 1 amide bonds. The molecule has 0 radical (unpaired) electrons. The van der Waals surface area contributed by atoms with Gasteiger partial charge in [0.05, 0.1) is 0 Å². The Bertz CT molecular complexity index is 544. The van der Waals surface area contributed by atoms with Crippen LogP contribution in [0.2, 0.25) is 0 Å². The van der Waals surface area contributed by atoms with E-state index in [1.807, 2.05) is 66.0 Å². The van der Waals surface area contributed by atoms with Crippen molar-refractivity contribution < 1.29 is 9.53 Å². The van der Waals surface area contributed by atoms with Gasteiger partial charge in [-0.2, -0.15) is 0 Å². The van der Waals surface area contributed by atoms with E-state index in [-0.39, 0.29) is 0 Å². The second-order valence-electron chi connectivity index (χ2n) is 6.07. The van der Waals surface area contributed by atoms with Crippen molar-refractivity contribution in [3.8, 4) is 0 Å². The highest BCUT2D eigenvalue weighted by atomic mass is 35.5. The Hall–Kier alpha value is -1.20. The molecule has 0 aromatic carbocycles. The number of halogens is 1. The highest BCUT2D eigenvalue weighted by Crippen LogP contribution is 2.19. The van der Waals surface area contributed by atoms with Crippen molar-refractivity contribution in [2.75, 3.05) is 12.8 Å². The number of hydrogen-bond acceptors (Lipinski definition) is 4. The molecule has 0 bridgehead atoms. The van der Waals surface area contributed by atoms with Gasteiger partial charge in [-0.25, -0.2) is 9.79 Å². The first-order valence-electron chi connectivity index (χ1n) is 7.92. The fourth-order valence-electron chi connectivity index (χ4n) is 1.49. The number of alkyl carbamates (subject to hydrolysis) is 1. The standard InChI is InChI=1S/C18H29ClN2O2S/c1-8-13(3)15(19)21-16(24-7)14(9-2)11-10-12-20-17(22)23-18(4,5)6/h9-11H,8,12H2,1-7H3,(H,20,22)/b11-10+,14-9-,15-13+,21-16+. The first kappa shape index (κ1) is 22.8. The van der Waals surface area contributed by atoms with E-state index in [1.165, 1.54) is 11.8 Å². The van der Waals surface area contributed by atoms with Gasteiger partial charge in [0, 0.05) is 12.1 Å². The summed E-state index contributed by atoms with van der Waals surface area (Å²) in [6.07, 6.45) is 8.13. The summed E-state index contributed by atoms with van der Waals surface area (Å²) < 4.78 is 5.18. The van der Waals surface area contributed by atoms with E-state index < -0.39 is 11.7 Å². The third-order valence-corrected chi connectivity index (χ3v) is 4.01. The molecule has 0 heterocycles. The van der Waals surface area contributed by atoms with Gasteiger partial charge in [0.15, 0.2) is 0 Å². The molecule has 0 aliphatic heterocycles. The van der Waals surface area contributed by atoms with Crippen molar-refractivity contribution in [2.24, 2.45) is 4.99 Å². The second kappa shape index (κ2) is 11.4. The number of nitrogens with one attached hydrogen (secondary N) is 1. The van der Waals surface area contributed by atoms with Crippen LogP contribution in [0.1, 0.15) is 48.0 Å². The topological polar surface area (TPSA) is 50.7 Å². The first-order chi connectivity index (χ1) is 11.1. The van der Waals surface area contributed by atoms with Crippen molar-refractivity contribution >= 4 is 34.5 Å². The summed E-state index contributed by atoms with van der Waals surface area (Å²) in [6.45, 7) is 11.8. The van der Waals surface area contributed by atoms with Crippen LogP contribution in [0.4, 0.5) is 4.79 Å². The molecule has 1 N–H and O–H groups in total. The molecule has 0 aromatic rings. The normalized spacial score (nSPS) is 14.7. The van der Waals surface area contributed by atoms with Gasteiger partial charge in [0.1, 0.15) is 15.8 Å². The fraction of sp³-hybridized carbons (Fsp3) is 0.556. The van der Waals surface area contributed by atoms with Gasteiger partial charge in [-0.3, -0.25) is 0 Å². The van der Waals surface area contributed by atoms with Gasteiger partial charge in [0.2, 0.25) is 0 Å². The highest BCUT2D eigenvalue weighted by molar-refractivity contribution is 8.13. The molecule has 0 saturated carbocycles. The number of rotatable bonds is 6. The predicted octanol–water partition coefficient (Wildman–Crippen LogP) is 5.66. The molecule has 0 spiro atoms. The van der Waals surface area contributed by atoms with Crippen LogP contribution in [0.15, 0.2) is 39.5 Å². The van der Waals surface area contributed by atoms with Gasteiger partial charge in [0.25, 0.3) is 0 Å². The summed E-state index contributed by atoms with van der Waals surface area (Å²) in [5.41, 5.74) is 1.51. The minimum Gasteiger partial charge on any atom is -0.444 e. The third kappa shape index (κ3) is 9.83.